The van der Waals surface area contributed by atoms with Crippen LogP contribution in [0.2, 0.25) is 0 Å². The van der Waals surface area contributed by atoms with Crippen molar-refractivity contribution in [2.45, 2.75) is 37.4 Å². The molecule has 2 aliphatic rings. The largest absolute Gasteiger partial charge is 0.486 e. The van der Waals surface area contributed by atoms with Gasteiger partial charge in [0.25, 0.3) is 0 Å². The molecule has 2 aromatic carbocycles. The summed E-state index contributed by atoms with van der Waals surface area (Å²) in [7, 11) is 1.88. The van der Waals surface area contributed by atoms with Crippen LogP contribution >= 0.6 is 11.8 Å². The number of fused-ring (bicyclic) bond motifs is 2. The lowest BCUT2D eigenvalue weighted by molar-refractivity contribution is -0.113. The van der Waals surface area contributed by atoms with Crippen molar-refractivity contribution >= 4 is 23.4 Å². The molecule has 9 heteroatoms. The standard InChI is InChI=1S/C23H24N4O4S/c1-27-21(12-29-18-8-6-15-4-2-3-5-16(15)10-18)25-26-23(27)32-13-22(28)24-17-7-9-19-20(11-17)31-14-30-19/h6-11H,2-5,12-14H2,1H3,(H,24,28). The minimum atomic E-state index is -0.135. The monoisotopic (exact) mass is 452 g/mol. The van der Waals surface area contributed by atoms with Gasteiger partial charge in [-0.1, -0.05) is 17.8 Å². The maximum Gasteiger partial charge on any atom is 0.234 e. The van der Waals surface area contributed by atoms with Crippen molar-refractivity contribution in [3.8, 4) is 17.2 Å². The summed E-state index contributed by atoms with van der Waals surface area (Å²) < 4.78 is 18.4. The lowest BCUT2D eigenvalue weighted by Gasteiger charge is -2.16. The number of aryl methyl sites for hydroxylation is 2. The summed E-state index contributed by atoms with van der Waals surface area (Å²) in [6.07, 6.45) is 4.77. The van der Waals surface area contributed by atoms with Gasteiger partial charge in [0.05, 0.1) is 5.75 Å². The number of carbonyl (C=O) groups excluding carboxylic acids is 1. The minimum Gasteiger partial charge on any atom is -0.486 e. The summed E-state index contributed by atoms with van der Waals surface area (Å²) in [6, 6.07) is 11.7. The fraction of sp³-hybridized carbons (Fsp3) is 0.348. The molecule has 0 fully saturated rings. The van der Waals surface area contributed by atoms with Crippen molar-refractivity contribution in [1.29, 1.82) is 0 Å². The van der Waals surface area contributed by atoms with Gasteiger partial charge in [-0.2, -0.15) is 0 Å². The fourth-order valence-corrected chi connectivity index (χ4v) is 4.58. The molecule has 0 saturated carbocycles. The molecule has 32 heavy (non-hydrogen) atoms. The van der Waals surface area contributed by atoms with Crippen molar-refractivity contribution in [1.82, 2.24) is 14.8 Å². The first-order chi connectivity index (χ1) is 15.7. The van der Waals surface area contributed by atoms with Gasteiger partial charge in [0.1, 0.15) is 12.4 Å². The molecule has 0 bridgehead atoms. The molecule has 3 aromatic rings. The van der Waals surface area contributed by atoms with Gasteiger partial charge in [-0.3, -0.25) is 4.79 Å². The van der Waals surface area contributed by atoms with Gasteiger partial charge < -0.3 is 24.1 Å². The first kappa shape index (κ1) is 20.7. The van der Waals surface area contributed by atoms with Gasteiger partial charge >= 0.3 is 0 Å². The van der Waals surface area contributed by atoms with Crippen molar-refractivity contribution in [2.24, 2.45) is 7.05 Å². The third kappa shape index (κ3) is 4.52. The SMILES string of the molecule is Cn1c(COc2ccc3c(c2)CCCC3)nnc1SCC(=O)Nc1ccc2c(c1)OCO2. The summed E-state index contributed by atoms with van der Waals surface area (Å²) in [5.41, 5.74) is 3.48. The van der Waals surface area contributed by atoms with Crippen molar-refractivity contribution in [3.05, 3.63) is 53.3 Å². The lowest BCUT2D eigenvalue weighted by Crippen LogP contribution is -2.14. The highest BCUT2D eigenvalue weighted by Crippen LogP contribution is 2.34. The molecule has 1 aliphatic carbocycles. The molecule has 0 unspecified atom stereocenters. The van der Waals surface area contributed by atoms with E-state index in [1.807, 2.05) is 17.7 Å². The zero-order valence-corrected chi connectivity index (χ0v) is 18.6. The van der Waals surface area contributed by atoms with Crippen LogP contribution < -0.4 is 19.5 Å². The fourth-order valence-electron chi connectivity index (χ4n) is 3.85. The Morgan fingerprint density at radius 3 is 2.84 bits per heavy atom. The van der Waals surface area contributed by atoms with Crippen LogP contribution in [0.1, 0.15) is 29.8 Å². The Hall–Kier alpha value is -3.20. The number of amides is 1. The van der Waals surface area contributed by atoms with E-state index in [-0.39, 0.29) is 18.5 Å². The van der Waals surface area contributed by atoms with E-state index in [1.165, 1.54) is 35.7 Å². The molecular weight excluding hydrogens is 428 g/mol. The predicted molar refractivity (Wildman–Crippen MR) is 120 cm³/mol. The van der Waals surface area contributed by atoms with Crippen molar-refractivity contribution in [3.63, 3.8) is 0 Å². The topological polar surface area (TPSA) is 87.5 Å². The Kier molecular flexibility index (Phi) is 5.89. The third-order valence-electron chi connectivity index (χ3n) is 5.60. The van der Waals surface area contributed by atoms with Gasteiger partial charge in [-0.25, -0.2) is 0 Å². The molecule has 166 valence electrons. The van der Waals surface area contributed by atoms with Gasteiger partial charge in [0.2, 0.25) is 12.7 Å². The molecule has 1 N–H and O–H groups in total. The number of ether oxygens (including phenoxy) is 3. The first-order valence-electron chi connectivity index (χ1n) is 10.6. The molecule has 8 nitrogen and oxygen atoms in total. The van der Waals surface area contributed by atoms with Gasteiger partial charge in [0.15, 0.2) is 22.5 Å². The molecule has 2 heterocycles. The minimum absolute atomic E-state index is 0.135. The molecule has 0 radical (unpaired) electrons. The maximum absolute atomic E-state index is 12.3. The Balaban J connectivity index is 1.14. The molecule has 1 aromatic heterocycles. The molecular formula is C23H24N4O4S. The van der Waals surface area contributed by atoms with E-state index in [1.54, 1.807) is 18.2 Å². The quantitative estimate of drug-likeness (QED) is 0.547. The van der Waals surface area contributed by atoms with Gasteiger partial charge in [0, 0.05) is 18.8 Å². The second kappa shape index (κ2) is 9.12. The summed E-state index contributed by atoms with van der Waals surface area (Å²) >= 11 is 1.33. The second-order valence-electron chi connectivity index (χ2n) is 7.79. The lowest BCUT2D eigenvalue weighted by atomic mass is 9.92. The van der Waals surface area contributed by atoms with Crippen molar-refractivity contribution in [2.75, 3.05) is 17.9 Å². The average Bonchev–Trinajstić information content (AvgIpc) is 3.42. The Labute approximate surface area is 190 Å². The van der Waals surface area contributed by atoms with E-state index < -0.39 is 0 Å². The van der Waals surface area contributed by atoms with E-state index in [2.05, 4.69) is 27.6 Å². The van der Waals surface area contributed by atoms with E-state index in [0.29, 0.717) is 34.8 Å². The summed E-state index contributed by atoms with van der Waals surface area (Å²) in [6.45, 7) is 0.527. The van der Waals surface area contributed by atoms with Gasteiger partial charge in [-0.15, -0.1) is 10.2 Å². The number of nitrogens with zero attached hydrogens (tertiary/aromatic N) is 3. The van der Waals surface area contributed by atoms with Crippen LogP contribution in [0, 0.1) is 0 Å². The highest BCUT2D eigenvalue weighted by atomic mass is 32.2. The number of carbonyl (C=O) groups is 1. The number of anilines is 1. The Morgan fingerprint density at radius 1 is 1.09 bits per heavy atom. The Bertz CT molecular complexity index is 1150. The number of hydrogen-bond acceptors (Lipinski definition) is 7. The molecule has 1 aliphatic heterocycles. The van der Waals surface area contributed by atoms with Crippen LogP contribution in [0.15, 0.2) is 41.6 Å². The smallest absolute Gasteiger partial charge is 0.234 e. The van der Waals surface area contributed by atoms with Crippen molar-refractivity contribution < 1.29 is 19.0 Å². The van der Waals surface area contributed by atoms with Crippen LogP contribution in [0.25, 0.3) is 0 Å². The zero-order valence-electron chi connectivity index (χ0n) is 17.8. The number of rotatable bonds is 7. The number of benzene rings is 2. The first-order valence-corrected chi connectivity index (χ1v) is 11.6. The van der Waals surface area contributed by atoms with Crippen LogP contribution in [-0.4, -0.2) is 33.2 Å². The van der Waals surface area contributed by atoms with E-state index in [0.717, 1.165) is 18.6 Å². The van der Waals surface area contributed by atoms with E-state index in [9.17, 15) is 4.79 Å². The highest BCUT2D eigenvalue weighted by Gasteiger charge is 2.16. The zero-order chi connectivity index (χ0) is 21.9. The number of hydrogen-bond donors (Lipinski definition) is 1. The highest BCUT2D eigenvalue weighted by molar-refractivity contribution is 7.99. The third-order valence-corrected chi connectivity index (χ3v) is 6.62. The molecule has 0 saturated heterocycles. The van der Waals surface area contributed by atoms with Crippen LogP contribution in [0.4, 0.5) is 5.69 Å². The Morgan fingerprint density at radius 2 is 1.94 bits per heavy atom. The van der Waals surface area contributed by atoms with E-state index >= 15 is 0 Å². The molecule has 0 spiro atoms. The molecule has 1 amide bonds. The van der Waals surface area contributed by atoms with Crippen LogP contribution in [0.3, 0.4) is 0 Å². The number of nitrogens with one attached hydrogen (secondary N) is 1. The average molecular weight is 453 g/mol. The predicted octanol–water partition coefficient (Wildman–Crippen LogP) is 3.73. The van der Waals surface area contributed by atoms with Crippen LogP contribution in [-0.2, 0) is 31.3 Å². The molecule has 5 rings (SSSR count). The maximum atomic E-state index is 12.3. The summed E-state index contributed by atoms with van der Waals surface area (Å²) in [4.78, 5) is 12.3. The normalized spacial score (nSPS) is 14.2. The second-order valence-corrected chi connectivity index (χ2v) is 8.73. The molecule has 0 atom stereocenters. The number of aromatic nitrogens is 3. The number of thioether (sulfide) groups is 1. The van der Waals surface area contributed by atoms with Gasteiger partial charge in [-0.05, 0) is 61.1 Å². The van der Waals surface area contributed by atoms with E-state index in [4.69, 9.17) is 14.2 Å². The summed E-state index contributed by atoms with van der Waals surface area (Å²) in [5, 5.41) is 12.0. The van der Waals surface area contributed by atoms with Crippen LogP contribution in [0.5, 0.6) is 17.2 Å². The summed E-state index contributed by atoms with van der Waals surface area (Å²) in [5.74, 6) is 2.96.